The van der Waals surface area contributed by atoms with Gasteiger partial charge in [-0.25, -0.2) is 4.39 Å². The molecule has 40 heavy (non-hydrogen) atoms. The maximum Gasteiger partial charge on any atom is 0.165 e. The molecule has 1 fully saturated rings. The minimum absolute atomic E-state index is 0.307. The van der Waals surface area contributed by atoms with Crippen molar-refractivity contribution in [1.29, 1.82) is 0 Å². The third-order valence-electron chi connectivity index (χ3n) is 8.54. The van der Waals surface area contributed by atoms with Crippen molar-refractivity contribution in [3.05, 3.63) is 82.7 Å². The Bertz CT molecular complexity index is 1260. The molecule has 5 nitrogen and oxygen atoms in total. The Morgan fingerprint density at radius 3 is 2.62 bits per heavy atom. The van der Waals surface area contributed by atoms with Gasteiger partial charge in [0.15, 0.2) is 11.6 Å². The minimum atomic E-state index is -0.307. The van der Waals surface area contributed by atoms with Crippen molar-refractivity contribution in [1.82, 2.24) is 5.32 Å². The fraction of sp³-hybridized carbons (Fsp3) is 0.471. The highest BCUT2D eigenvalue weighted by atomic mass is 19.1. The molecule has 214 valence electrons. The number of nitrogens with one attached hydrogen (secondary N) is 2. The van der Waals surface area contributed by atoms with Crippen LogP contribution in [0.2, 0.25) is 0 Å². The van der Waals surface area contributed by atoms with Gasteiger partial charge >= 0.3 is 0 Å². The number of fused-ring (bicyclic) bond motifs is 1. The number of aryl methyl sites for hydroxylation is 1. The lowest BCUT2D eigenvalue weighted by Crippen LogP contribution is -2.28. The van der Waals surface area contributed by atoms with Crippen molar-refractivity contribution in [2.45, 2.75) is 63.7 Å². The first kappa shape index (κ1) is 28.3. The van der Waals surface area contributed by atoms with Gasteiger partial charge in [0.2, 0.25) is 0 Å². The molecule has 6 heteroatoms. The number of anilines is 1. The van der Waals surface area contributed by atoms with Gasteiger partial charge in [-0.05, 0) is 109 Å². The van der Waals surface area contributed by atoms with E-state index in [-0.39, 0.29) is 5.82 Å². The van der Waals surface area contributed by atoms with E-state index in [1.807, 2.05) is 24.3 Å². The van der Waals surface area contributed by atoms with Gasteiger partial charge in [-0.1, -0.05) is 37.5 Å². The number of halogens is 1. The molecule has 0 aromatic heterocycles. The van der Waals surface area contributed by atoms with Gasteiger partial charge in [0, 0.05) is 24.8 Å². The molecule has 3 aromatic rings. The number of benzene rings is 3. The zero-order valence-corrected chi connectivity index (χ0v) is 23.7. The Morgan fingerprint density at radius 2 is 1.80 bits per heavy atom. The van der Waals surface area contributed by atoms with Gasteiger partial charge in [0.05, 0.1) is 7.11 Å². The Balaban J connectivity index is 1.12. The van der Waals surface area contributed by atoms with Crippen LogP contribution in [-0.2, 0) is 19.3 Å². The summed E-state index contributed by atoms with van der Waals surface area (Å²) in [6, 6.07) is 17.2. The number of rotatable bonds is 12. The van der Waals surface area contributed by atoms with Gasteiger partial charge < -0.3 is 25.2 Å². The van der Waals surface area contributed by atoms with E-state index in [0.29, 0.717) is 37.0 Å². The zero-order valence-electron chi connectivity index (χ0n) is 23.7. The Kier molecular flexibility index (Phi) is 9.82. The molecule has 0 amide bonds. The maximum atomic E-state index is 14.8. The van der Waals surface area contributed by atoms with E-state index in [4.69, 9.17) is 9.47 Å². The maximum absolute atomic E-state index is 14.8. The monoisotopic (exact) mass is 546 g/mol. The second-order valence-corrected chi connectivity index (χ2v) is 11.3. The second-order valence-electron chi connectivity index (χ2n) is 11.3. The molecule has 1 atom stereocenters. The van der Waals surface area contributed by atoms with Crippen LogP contribution < -0.4 is 20.1 Å². The van der Waals surface area contributed by atoms with Crippen molar-refractivity contribution in [3.8, 4) is 17.2 Å². The summed E-state index contributed by atoms with van der Waals surface area (Å²) in [6.07, 6.45) is 10.3. The summed E-state index contributed by atoms with van der Waals surface area (Å²) in [5, 5.41) is 16.9. The quantitative estimate of drug-likeness (QED) is 0.213. The predicted octanol–water partition coefficient (Wildman–Crippen LogP) is 7.02. The lowest BCUT2D eigenvalue weighted by molar-refractivity contribution is 0.284. The summed E-state index contributed by atoms with van der Waals surface area (Å²) >= 11 is 0. The molecule has 2 aliphatic rings. The van der Waals surface area contributed by atoms with Gasteiger partial charge in [-0.3, -0.25) is 0 Å². The molecular weight excluding hydrogens is 503 g/mol. The lowest BCUT2D eigenvalue weighted by atomic mass is 9.79. The average molecular weight is 547 g/mol. The Labute approximate surface area is 238 Å². The number of ether oxygens (including phenoxy) is 2. The molecule has 0 saturated heterocycles. The number of phenolic OH excluding ortho intramolecular Hbond substituents is 1. The van der Waals surface area contributed by atoms with Crippen LogP contribution in [0.4, 0.5) is 10.1 Å². The van der Waals surface area contributed by atoms with Crippen LogP contribution >= 0.6 is 0 Å². The van der Waals surface area contributed by atoms with Crippen LogP contribution in [0.25, 0.3) is 0 Å². The summed E-state index contributed by atoms with van der Waals surface area (Å²) < 4.78 is 26.0. The minimum Gasteiger partial charge on any atom is -0.508 e. The normalized spacial score (nSPS) is 17.3. The average Bonchev–Trinajstić information content (AvgIpc) is 2.98. The fourth-order valence-electron chi connectivity index (χ4n) is 6.27. The van der Waals surface area contributed by atoms with E-state index in [0.717, 1.165) is 55.3 Å². The first-order valence-corrected chi connectivity index (χ1v) is 14.9. The summed E-state index contributed by atoms with van der Waals surface area (Å²) in [4.78, 5) is 0. The molecule has 5 rings (SSSR count). The highest BCUT2D eigenvalue weighted by Crippen LogP contribution is 2.38. The number of phenols is 1. The SMILES string of the molecule is COc1ccc(C2CCc3cc(O)ccc3C2)c(NCCc2ccc(OCCNCC3CCCCC3)c(F)c2)c1. The van der Waals surface area contributed by atoms with Crippen LogP contribution in [0.1, 0.15) is 66.7 Å². The summed E-state index contributed by atoms with van der Waals surface area (Å²) in [6.45, 7) is 2.92. The predicted molar refractivity (Wildman–Crippen MR) is 159 cm³/mol. The van der Waals surface area contributed by atoms with Crippen LogP contribution in [-0.4, -0.2) is 38.5 Å². The van der Waals surface area contributed by atoms with E-state index in [1.165, 1.54) is 48.8 Å². The number of methoxy groups -OCH3 is 1. The first-order chi connectivity index (χ1) is 19.6. The van der Waals surface area contributed by atoms with Crippen LogP contribution in [0.5, 0.6) is 17.2 Å². The van der Waals surface area contributed by atoms with Crippen molar-refractivity contribution >= 4 is 5.69 Å². The third kappa shape index (κ3) is 7.48. The fourth-order valence-corrected chi connectivity index (χ4v) is 6.27. The van der Waals surface area contributed by atoms with Crippen molar-refractivity contribution in [3.63, 3.8) is 0 Å². The molecule has 2 aliphatic carbocycles. The number of hydrogen-bond donors (Lipinski definition) is 3. The van der Waals surface area contributed by atoms with Crippen LogP contribution in [0.15, 0.2) is 54.6 Å². The Hall–Kier alpha value is -3.25. The number of aromatic hydroxyl groups is 1. The summed E-state index contributed by atoms with van der Waals surface area (Å²) in [7, 11) is 1.68. The molecule has 0 aliphatic heterocycles. The molecule has 1 saturated carbocycles. The third-order valence-corrected chi connectivity index (χ3v) is 8.54. The standard InChI is InChI=1S/C34H43FN2O3/c1-39-30-12-13-31(28-9-8-27-21-29(38)11-10-26(27)20-28)33(22-30)37-16-15-24-7-14-34(32(35)19-24)40-18-17-36-23-25-5-3-2-4-6-25/h7,10-14,19,21-22,25,28,36-38H,2-6,8-9,15-18,20,23H2,1H3. The van der Waals surface area contributed by atoms with Crippen LogP contribution in [0.3, 0.4) is 0 Å². The molecule has 3 N–H and O–H groups in total. The molecule has 0 heterocycles. The van der Waals surface area contributed by atoms with E-state index in [9.17, 15) is 9.50 Å². The molecule has 0 spiro atoms. The van der Waals surface area contributed by atoms with Gasteiger partial charge in [-0.2, -0.15) is 0 Å². The Morgan fingerprint density at radius 1 is 0.925 bits per heavy atom. The molecule has 3 aromatic carbocycles. The molecule has 0 radical (unpaired) electrons. The van der Waals surface area contributed by atoms with E-state index < -0.39 is 0 Å². The zero-order chi connectivity index (χ0) is 27.7. The van der Waals surface area contributed by atoms with Gasteiger partial charge in [-0.15, -0.1) is 0 Å². The van der Waals surface area contributed by atoms with Crippen LogP contribution in [0, 0.1) is 11.7 Å². The molecule has 1 unspecified atom stereocenters. The highest BCUT2D eigenvalue weighted by molar-refractivity contribution is 5.58. The molecule has 0 bridgehead atoms. The van der Waals surface area contributed by atoms with Crippen molar-refractivity contribution < 1.29 is 19.0 Å². The topological polar surface area (TPSA) is 62.8 Å². The molecular formula is C34H43FN2O3. The largest absolute Gasteiger partial charge is 0.508 e. The number of hydrogen-bond acceptors (Lipinski definition) is 5. The second kappa shape index (κ2) is 13.9. The summed E-state index contributed by atoms with van der Waals surface area (Å²) in [5.74, 6) is 2.32. The van der Waals surface area contributed by atoms with E-state index in [1.54, 1.807) is 25.3 Å². The first-order valence-electron chi connectivity index (χ1n) is 14.9. The smallest absolute Gasteiger partial charge is 0.165 e. The van der Waals surface area contributed by atoms with Crippen molar-refractivity contribution in [2.24, 2.45) is 5.92 Å². The lowest BCUT2D eigenvalue weighted by Gasteiger charge is -2.27. The van der Waals surface area contributed by atoms with E-state index >= 15 is 0 Å². The van der Waals surface area contributed by atoms with Gasteiger partial charge in [0.25, 0.3) is 0 Å². The van der Waals surface area contributed by atoms with E-state index in [2.05, 4.69) is 22.8 Å². The highest BCUT2D eigenvalue weighted by Gasteiger charge is 2.23. The van der Waals surface area contributed by atoms with Crippen molar-refractivity contribution in [2.75, 3.05) is 38.7 Å². The van der Waals surface area contributed by atoms with Gasteiger partial charge in [0.1, 0.15) is 18.1 Å². The summed E-state index contributed by atoms with van der Waals surface area (Å²) in [5.41, 5.74) is 5.81.